The molecule has 1 fully saturated rings. The van der Waals surface area contributed by atoms with Crippen molar-refractivity contribution in [3.05, 3.63) is 29.8 Å². The molecule has 1 saturated carbocycles. The monoisotopic (exact) mass is 264 g/mol. The maximum atomic E-state index is 11.5. The zero-order valence-corrected chi connectivity index (χ0v) is 11.2. The van der Waals surface area contributed by atoms with E-state index in [1.165, 1.54) is 0 Å². The third-order valence-electron chi connectivity index (χ3n) is 3.38. The lowest BCUT2D eigenvalue weighted by molar-refractivity contribution is 0.173. The van der Waals surface area contributed by atoms with Crippen LogP contribution in [-0.4, -0.2) is 30.8 Å². The Hall–Kier alpha value is -1.75. The van der Waals surface area contributed by atoms with E-state index in [9.17, 15) is 9.90 Å². The van der Waals surface area contributed by atoms with Crippen LogP contribution in [0.15, 0.2) is 24.3 Å². The Kier molecular flexibility index (Phi) is 4.27. The SMILES string of the molecule is COc1ccc(C(O)CNC(=O)NC2CC2C)cc1. The predicted octanol–water partition coefficient (Wildman–Crippen LogP) is 1.44. The summed E-state index contributed by atoms with van der Waals surface area (Å²) in [5.74, 6) is 1.31. The molecule has 1 aromatic rings. The van der Waals surface area contributed by atoms with Crippen molar-refractivity contribution in [1.29, 1.82) is 0 Å². The quantitative estimate of drug-likeness (QED) is 0.753. The first-order valence-corrected chi connectivity index (χ1v) is 6.46. The van der Waals surface area contributed by atoms with Crippen LogP contribution in [0.3, 0.4) is 0 Å². The van der Waals surface area contributed by atoms with Crippen LogP contribution < -0.4 is 15.4 Å². The fourth-order valence-electron chi connectivity index (χ4n) is 1.88. The van der Waals surface area contributed by atoms with Crippen molar-refractivity contribution in [1.82, 2.24) is 10.6 Å². The number of carbonyl (C=O) groups is 1. The van der Waals surface area contributed by atoms with Gasteiger partial charge in [-0.1, -0.05) is 19.1 Å². The van der Waals surface area contributed by atoms with Gasteiger partial charge in [0.1, 0.15) is 5.75 Å². The van der Waals surface area contributed by atoms with Gasteiger partial charge in [-0.2, -0.15) is 0 Å². The first kappa shape index (κ1) is 13.7. The number of aliphatic hydroxyl groups is 1. The lowest BCUT2D eigenvalue weighted by Crippen LogP contribution is -2.39. The number of benzene rings is 1. The first-order chi connectivity index (χ1) is 9.10. The third kappa shape index (κ3) is 3.86. The molecule has 1 aromatic carbocycles. The molecule has 0 bridgehead atoms. The average molecular weight is 264 g/mol. The van der Waals surface area contributed by atoms with Gasteiger partial charge >= 0.3 is 6.03 Å². The zero-order chi connectivity index (χ0) is 13.8. The number of aliphatic hydroxyl groups excluding tert-OH is 1. The van der Waals surface area contributed by atoms with Crippen LogP contribution in [0.1, 0.15) is 25.0 Å². The van der Waals surface area contributed by atoms with Gasteiger partial charge in [0.05, 0.1) is 13.2 Å². The third-order valence-corrected chi connectivity index (χ3v) is 3.38. The standard InChI is InChI=1S/C14H20N2O3/c1-9-7-12(9)16-14(18)15-8-13(17)10-3-5-11(19-2)6-4-10/h3-6,9,12-13,17H,7-8H2,1-2H3,(H2,15,16,18). The van der Waals surface area contributed by atoms with E-state index < -0.39 is 6.10 Å². The highest BCUT2D eigenvalue weighted by Gasteiger charge is 2.33. The van der Waals surface area contributed by atoms with Crippen LogP contribution in [0.4, 0.5) is 4.79 Å². The Labute approximate surface area is 113 Å². The molecule has 3 atom stereocenters. The average Bonchev–Trinajstić information content (AvgIpc) is 3.11. The van der Waals surface area contributed by atoms with E-state index in [-0.39, 0.29) is 18.6 Å². The van der Waals surface area contributed by atoms with Crippen LogP contribution in [0.25, 0.3) is 0 Å². The molecule has 0 aromatic heterocycles. The number of nitrogens with one attached hydrogen (secondary N) is 2. The van der Waals surface area contributed by atoms with Crippen LogP contribution in [-0.2, 0) is 0 Å². The maximum absolute atomic E-state index is 11.5. The lowest BCUT2D eigenvalue weighted by atomic mass is 10.1. The number of hydrogen-bond donors (Lipinski definition) is 3. The highest BCUT2D eigenvalue weighted by Crippen LogP contribution is 2.28. The molecule has 5 heteroatoms. The molecule has 0 spiro atoms. The molecular formula is C14H20N2O3. The second-order valence-electron chi connectivity index (χ2n) is 4.96. The van der Waals surface area contributed by atoms with E-state index in [1.54, 1.807) is 31.4 Å². The summed E-state index contributed by atoms with van der Waals surface area (Å²) < 4.78 is 5.05. The van der Waals surface area contributed by atoms with Crippen molar-refractivity contribution in [3.8, 4) is 5.75 Å². The van der Waals surface area contributed by atoms with E-state index >= 15 is 0 Å². The van der Waals surface area contributed by atoms with Gasteiger partial charge in [-0.25, -0.2) is 4.79 Å². The lowest BCUT2D eigenvalue weighted by Gasteiger charge is -2.13. The van der Waals surface area contributed by atoms with Crippen LogP contribution >= 0.6 is 0 Å². The van der Waals surface area contributed by atoms with Gasteiger partial charge in [-0.3, -0.25) is 0 Å². The normalized spacial score (nSPS) is 22.5. The van der Waals surface area contributed by atoms with Crippen LogP contribution in [0, 0.1) is 5.92 Å². The summed E-state index contributed by atoms with van der Waals surface area (Å²) in [5, 5.41) is 15.5. The molecule has 104 valence electrons. The number of amides is 2. The molecule has 0 saturated heterocycles. The van der Waals surface area contributed by atoms with Crippen molar-refractivity contribution in [2.45, 2.75) is 25.5 Å². The largest absolute Gasteiger partial charge is 0.497 e. The number of carbonyl (C=O) groups excluding carboxylic acids is 1. The Morgan fingerprint density at radius 1 is 1.47 bits per heavy atom. The van der Waals surface area contributed by atoms with E-state index in [2.05, 4.69) is 17.6 Å². The fraction of sp³-hybridized carbons (Fsp3) is 0.500. The molecular weight excluding hydrogens is 244 g/mol. The van der Waals surface area contributed by atoms with E-state index in [0.717, 1.165) is 17.7 Å². The molecule has 5 nitrogen and oxygen atoms in total. The highest BCUT2D eigenvalue weighted by molar-refractivity contribution is 5.74. The van der Waals surface area contributed by atoms with Crippen molar-refractivity contribution in [2.24, 2.45) is 5.92 Å². The Bertz CT molecular complexity index is 433. The summed E-state index contributed by atoms with van der Waals surface area (Å²) in [6.07, 6.45) is 0.322. The molecule has 19 heavy (non-hydrogen) atoms. The summed E-state index contributed by atoms with van der Waals surface area (Å²) in [7, 11) is 1.59. The minimum Gasteiger partial charge on any atom is -0.497 e. The Balaban J connectivity index is 1.76. The zero-order valence-electron chi connectivity index (χ0n) is 11.2. The first-order valence-electron chi connectivity index (χ1n) is 6.46. The molecule has 2 amide bonds. The Morgan fingerprint density at radius 2 is 2.11 bits per heavy atom. The van der Waals surface area contributed by atoms with Gasteiger partial charge in [0.2, 0.25) is 0 Å². The molecule has 3 N–H and O–H groups in total. The summed E-state index contributed by atoms with van der Waals surface area (Å²) in [6, 6.07) is 7.20. The molecule has 3 unspecified atom stereocenters. The smallest absolute Gasteiger partial charge is 0.315 e. The number of hydrogen-bond acceptors (Lipinski definition) is 3. The predicted molar refractivity (Wildman–Crippen MR) is 72.1 cm³/mol. The van der Waals surface area contributed by atoms with Gasteiger partial charge in [0.15, 0.2) is 0 Å². The molecule has 2 rings (SSSR count). The maximum Gasteiger partial charge on any atom is 0.315 e. The van der Waals surface area contributed by atoms with E-state index in [4.69, 9.17) is 4.74 Å². The summed E-state index contributed by atoms with van der Waals surface area (Å²) in [5.41, 5.74) is 0.751. The second-order valence-corrected chi connectivity index (χ2v) is 4.96. The molecule has 0 heterocycles. The fourth-order valence-corrected chi connectivity index (χ4v) is 1.88. The van der Waals surface area contributed by atoms with Crippen molar-refractivity contribution < 1.29 is 14.6 Å². The Morgan fingerprint density at radius 3 is 2.63 bits per heavy atom. The number of ether oxygens (including phenoxy) is 1. The van der Waals surface area contributed by atoms with Gasteiger partial charge in [-0.05, 0) is 30.0 Å². The van der Waals surface area contributed by atoms with E-state index in [0.29, 0.717) is 5.92 Å². The summed E-state index contributed by atoms with van der Waals surface area (Å²) in [6.45, 7) is 2.29. The molecule has 1 aliphatic rings. The van der Waals surface area contributed by atoms with Gasteiger partial charge in [0.25, 0.3) is 0 Å². The van der Waals surface area contributed by atoms with Gasteiger partial charge in [0, 0.05) is 12.6 Å². The molecule has 0 radical (unpaired) electrons. The number of urea groups is 1. The van der Waals surface area contributed by atoms with Crippen molar-refractivity contribution in [2.75, 3.05) is 13.7 Å². The minimum absolute atomic E-state index is 0.194. The van der Waals surface area contributed by atoms with Crippen molar-refractivity contribution in [3.63, 3.8) is 0 Å². The number of rotatable bonds is 5. The highest BCUT2D eigenvalue weighted by atomic mass is 16.5. The van der Waals surface area contributed by atoms with Crippen LogP contribution in [0.2, 0.25) is 0 Å². The van der Waals surface area contributed by atoms with Crippen molar-refractivity contribution >= 4 is 6.03 Å². The minimum atomic E-state index is -0.715. The van der Waals surface area contributed by atoms with Crippen LogP contribution in [0.5, 0.6) is 5.75 Å². The second kappa shape index (κ2) is 5.93. The number of methoxy groups -OCH3 is 1. The van der Waals surface area contributed by atoms with Gasteiger partial charge < -0.3 is 20.5 Å². The molecule has 0 aliphatic heterocycles. The summed E-state index contributed by atoms with van der Waals surface area (Å²) in [4.78, 5) is 11.5. The summed E-state index contributed by atoms with van der Waals surface area (Å²) >= 11 is 0. The van der Waals surface area contributed by atoms with E-state index in [1.807, 2.05) is 0 Å². The van der Waals surface area contributed by atoms with Gasteiger partial charge in [-0.15, -0.1) is 0 Å². The topological polar surface area (TPSA) is 70.6 Å². The molecule has 1 aliphatic carbocycles.